The standard InChI is InChI=1S/C23H31N3O2/c1-17(2)21-14-24-23(25-15-21)26-10-8-19(9-11-26)5-4-12-28-22-7-6-20(16-27)18(3)13-22/h6-7,13-17,19H,4-5,8-12H2,1-3H3. The van der Waals surface area contributed by atoms with Crippen molar-refractivity contribution in [1.82, 2.24) is 9.97 Å². The van der Waals surface area contributed by atoms with Gasteiger partial charge in [0.2, 0.25) is 5.95 Å². The molecule has 5 nitrogen and oxygen atoms in total. The van der Waals surface area contributed by atoms with Crippen molar-refractivity contribution in [3.05, 3.63) is 47.3 Å². The first kappa shape index (κ1) is 20.3. The number of aryl methyl sites for hydroxylation is 1. The summed E-state index contributed by atoms with van der Waals surface area (Å²) in [6.45, 7) is 9.03. The number of anilines is 1. The van der Waals surface area contributed by atoms with E-state index in [1.807, 2.05) is 37.5 Å². The third-order valence-electron chi connectivity index (χ3n) is 5.62. The average Bonchev–Trinajstić information content (AvgIpc) is 2.72. The fraction of sp³-hybridized carbons (Fsp3) is 0.522. The second-order valence-corrected chi connectivity index (χ2v) is 8.03. The van der Waals surface area contributed by atoms with Crippen molar-refractivity contribution in [2.45, 2.75) is 52.4 Å². The Morgan fingerprint density at radius 2 is 1.93 bits per heavy atom. The number of carbonyl (C=O) groups excluding carboxylic acids is 1. The number of rotatable bonds is 8. The van der Waals surface area contributed by atoms with Crippen molar-refractivity contribution in [3.8, 4) is 5.75 Å². The van der Waals surface area contributed by atoms with Gasteiger partial charge in [-0.3, -0.25) is 4.79 Å². The van der Waals surface area contributed by atoms with Crippen molar-refractivity contribution < 1.29 is 9.53 Å². The molecule has 0 amide bonds. The van der Waals surface area contributed by atoms with Gasteiger partial charge in [-0.1, -0.05) is 13.8 Å². The molecule has 0 radical (unpaired) electrons. The van der Waals surface area contributed by atoms with E-state index >= 15 is 0 Å². The summed E-state index contributed by atoms with van der Waals surface area (Å²) in [5.41, 5.74) is 2.88. The molecule has 3 rings (SSSR count). The lowest BCUT2D eigenvalue weighted by Crippen LogP contribution is -2.35. The first-order valence-electron chi connectivity index (χ1n) is 10.3. The Labute approximate surface area is 168 Å². The number of carbonyl (C=O) groups is 1. The molecule has 0 N–H and O–H groups in total. The van der Waals surface area contributed by atoms with Gasteiger partial charge in [-0.25, -0.2) is 9.97 Å². The van der Waals surface area contributed by atoms with Crippen LogP contribution in [0.5, 0.6) is 5.75 Å². The number of nitrogens with zero attached hydrogens (tertiary/aromatic N) is 3. The highest BCUT2D eigenvalue weighted by Gasteiger charge is 2.20. The van der Waals surface area contributed by atoms with Crippen LogP contribution >= 0.6 is 0 Å². The van der Waals surface area contributed by atoms with E-state index in [0.29, 0.717) is 5.92 Å². The van der Waals surface area contributed by atoms with Crippen molar-refractivity contribution in [2.24, 2.45) is 5.92 Å². The van der Waals surface area contributed by atoms with Crippen molar-refractivity contribution >= 4 is 12.2 Å². The summed E-state index contributed by atoms with van der Waals surface area (Å²) < 4.78 is 5.85. The molecule has 0 atom stereocenters. The fourth-order valence-electron chi connectivity index (χ4n) is 3.65. The van der Waals surface area contributed by atoms with Crippen LogP contribution in [0.2, 0.25) is 0 Å². The highest BCUT2D eigenvalue weighted by Crippen LogP contribution is 2.25. The van der Waals surface area contributed by atoms with Gasteiger partial charge >= 0.3 is 0 Å². The largest absolute Gasteiger partial charge is 0.494 e. The first-order chi connectivity index (χ1) is 13.6. The lowest BCUT2D eigenvalue weighted by atomic mass is 9.92. The molecule has 150 valence electrons. The van der Waals surface area contributed by atoms with Crippen LogP contribution in [0.15, 0.2) is 30.6 Å². The van der Waals surface area contributed by atoms with Gasteiger partial charge in [0.15, 0.2) is 0 Å². The fourth-order valence-corrected chi connectivity index (χ4v) is 3.65. The minimum absolute atomic E-state index is 0.467. The van der Waals surface area contributed by atoms with Crippen LogP contribution < -0.4 is 9.64 Å². The molecule has 0 saturated carbocycles. The molecule has 1 saturated heterocycles. The molecule has 1 aliphatic rings. The summed E-state index contributed by atoms with van der Waals surface area (Å²) in [6, 6.07) is 5.63. The molecule has 1 aliphatic heterocycles. The van der Waals surface area contributed by atoms with Crippen LogP contribution in [0.1, 0.15) is 66.9 Å². The van der Waals surface area contributed by atoms with E-state index in [9.17, 15) is 4.79 Å². The van der Waals surface area contributed by atoms with Crippen LogP contribution in [0.4, 0.5) is 5.95 Å². The lowest BCUT2D eigenvalue weighted by Gasteiger charge is -2.32. The van der Waals surface area contributed by atoms with Gasteiger partial charge in [0.1, 0.15) is 12.0 Å². The lowest BCUT2D eigenvalue weighted by molar-refractivity contribution is 0.112. The summed E-state index contributed by atoms with van der Waals surface area (Å²) in [5.74, 6) is 2.92. The van der Waals surface area contributed by atoms with Crippen LogP contribution in [0.3, 0.4) is 0 Å². The molecular formula is C23H31N3O2. The van der Waals surface area contributed by atoms with E-state index in [4.69, 9.17) is 4.74 Å². The molecule has 28 heavy (non-hydrogen) atoms. The summed E-state index contributed by atoms with van der Waals surface area (Å²) in [7, 11) is 0. The molecule has 2 heterocycles. The van der Waals surface area contributed by atoms with Crippen LogP contribution in [0.25, 0.3) is 0 Å². The van der Waals surface area contributed by atoms with Crippen molar-refractivity contribution in [2.75, 3.05) is 24.6 Å². The number of hydrogen-bond acceptors (Lipinski definition) is 5. The quantitative estimate of drug-likeness (QED) is 0.486. The summed E-state index contributed by atoms with van der Waals surface area (Å²) >= 11 is 0. The number of aldehydes is 1. The second-order valence-electron chi connectivity index (χ2n) is 8.03. The number of ether oxygens (including phenoxy) is 1. The van der Waals surface area contributed by atoms with E-state index in [2.05, 4.69) is 28.7 Å². The number of aromatic nitrogens is 2. The zero-order valence-corrected chi connectivity index (χ0v) is 17.2. The van der Waals surface area contributed by atoms with Gasteiger partial charge in [0.05, 0.1) is 6.61 Å². The average molecular weight is 382 g/mol. The summed E-state index contributed by atoms with van der Waals surface area (Å²) in [6.07, 6.45) is 9.41. The minimum atomic E-state index is 0.467. The summed E-state index contributed by atoms with van der Waals surface area (Å²) in [4.78, 5) is 22.3. The van der Waals surface area contributed by atoms with E-state index in [-0.39, 0.29) is 0 Å². The zero-order chi connectivity index (χ0) is 19.9. The maximum atomic E-state index is 10.9. The third kappa shape index (κ3) is 5.31. The molecule has 1 aromatic carbocycles. The Balaban J connectivity index is 1.37. The van der Waals surface area contributed by atoms with Crippen LogP contribution in [0, 0.1) is 12.8 Å². The topological polar surface area (TPSA) is 55.3 Å². The summed E-state index contributed by atoms with van der Waals surface area (Å²) in [5, 5.41) is 0. The number of benzene rings is 1. The van der Waals surface area contributed by atoms with Crippen molar-refractivity contribution in [3.63, 3.8) is 0 Å². The smallest absolute Gasteiger partial charge is 0.225 e. The Hall–Kier alpha value is -2.43. The highest BCUT2D eigenvalue weighted by molar-refractivity contribution is 5.77. The van der Waals surface area contributed by atoms with E-state index < -0.39 is 0 Å². The van der Waals surface area contributed by atoms with Gasteiger partial charge in [0, 0.05) is 31.0 Å². The van der Waals surface area contributed by atoms with Crippen LogP contribution in [-0.4, -0.2) is 36.0 Å². The van der Waals surface area contributed by atoms with Gasteiger partial charge < -0.3 is 9.64 Å². The van der Waals surface area contributed by atoms with Gasteiger partial charge in [-0.15, -0.1) is 0 Å². The Morgan fingerprint density at radius 1 is 1.21 bits per heavy atom. The van der Waals surface area contributed by atoms with E-state index in [0.717, 1.165) is 61.1 Å². The van der Waals surface area contributed by atoms with Crippen LogP contribution in [-0.2, 0) is 0 Å². The third-order valence-corrected chi connectivity index (χ3v) is 5.62. The predicted molar refractivity (Wildman–Crippen MR) is 112 cm³/mol. The maximum Gasteiger partial charge on any atom is 0.225 e. The zero-order valence-electron chi connectivity index (χ0n) is 17.2. The molecule has 5 heteroatoms. The second kappa shape index (κ2) is 9.67. The van der Waals surface area contributed by atoms with Gasteiger partial charge in [-0.2, -0.15) is 0 Å². The number of hydrogen-bond donors (Lipinski definition) is 0. The molecule has 0 aliphatic carbocycles. The molecular weight excluding hydrogens is 350 g/mol. The highest BCUT2D eigenvalue weighted by atomic mass is 16.5. The molecule has 1 fully saturated rings. The maximum absolute atomic E-state index is 10.9. The SMILES string of the molecule is Cc1cc(OCCCC2CCN(c3ncc(C(C)C)cn3)CC2)ccc1C=O. The van der Waals surface area contributed by atoms with E-state index in [1.165, 1.54) is 24.8 Å². The molecule has 0 spiro atoms. The van der Waals surface area contributed by atoms with Gasteiger partial charge in [0.25, 0.3) is 0 Å². The molecule has 0 bridgehead atoms. The van der Waals surface area contributed by atoms with Crippen molar-refractivity contribution in [1.29, 1.82) is 0 Å². The Kier molecular flexibility index (Phi) is 7.01. The molecule has 2 aromatic rings. The molecule has 0 unspecified atom stereocenters. The number of piperidine rings is 1. The monoisotopic (exact) mass is 381 g/mol. The van der Waals surface area contributed by atoms with E-state index in [1.54, 1.807) is 0 Å². The van der Waals surface area contributed by atoms with Gasteiger partial charge in [-0.05, 0) is 73.8 Å². The minimum Gasteiger partial charge on any atom is -0.494 e. The normalized spacial score (nSPS) is 15.1. The first-order valence-corrected chi connectivity index (χ1v) is 10.3. The Bertz CT molecular complexity index is 766. The molecule has 1 aromatic heterocycles. The predicted octanol–water partition coefficient (Wildman–Crippen LogP) is 4.80. The Morgan fingerprint density at radius 3 is 2.54 bits per heavy atom.